The second-order valence-electron chi connectivity index (χ2n) is 5.58. The number of rotatable bonds is 15. The number of carbonyl (C=O) groups excluding carboxylic acids is 1. The highest BCUT2D eigenvalue weighted by molar-refractivity contribution is 7.85. The Kier molecular flexibility index (Phi) is 18.1. The van der Waals surface area contributed by atoms with Crippen molar-refractivity contribution >= 4 is 39.0 Å². The molecule has 0 heterocycles. The molecule has 0 atom stereocenters. The molecule has 128 valence electrons. The summed E-state index contributed by atoms with van der Waals surface area (Å²) in [6, 6.07) is 0. The lowest BCUT2D eigenvalue weighted by atomic mass is 10.1. The zero-order chi connectivity index (χ0) is 16.0. The fourth-order valence-electron chi connectivity index (χ4n) is 2.15. The van der Waals surface area contributed by atoms with Gasteiger partial charge in [-0.05, 0) is 6.42 Å². The van der Waals surface area contributed by atoms with Crippen LogP contribution in [0.4, 0.5) is 0 Å². The molecule has 0 aliphatic carbocycles. The molecule has 7 heteroatoms. The number of nitrogens with one attached hydrogen (secondary N) is 1. The summed E-state index contributed by atoms with van der Waals surface area (Å²) in [6.45, 7) is 2.52. The number of unbranched alkanes of at least 4 members (excludes halogenated alkanes) is 8. The van der Waals surface area contributed by atoms with Gasteiger partial charge in [0, 0.05) is 36.0 Å². The molecule has 0 aromatic carbocycles. The van der Waals surface area contributed by atoms with Crippen LogP contribution >= 0.6 is 0 Å². The zero-order valence-corrected chi connectivity index (χ0v) is 16.2. The topological polar surface area (TPSA) is 83.5 Å². The number of hydrogen-bond donors (Lipinski definition) is 2. The van der Waals surface area contributed by atoms with Crippen molar-refractivity contribution in [1.29, 1.82) is 0 Å². The normalized spacial score (nSPS) is 11.2. The van der Waals surface area contributed by atoms with Crippen LogP contribution in [0.2, 0.25) is 0 Å². The van der Waals surface area contributed by atoms with E-state index in [0.29, 0.717) is 6.42 Å². The maximum absolute atomic E-state index is 11.5. The van der Waals surface area contributed by atoms with Crippen LogP contribution in [0.15, 0.2) is 0 Å². The van der Waals surface area contributed by atoms with Gasteiger partial charge in [0.25, 0.3) is 10.1 Å². The van der Waals surface area contributed by atoms with E-state index in [4.69, 9.17) is 4.55 Å². The third-order valence-corrected chi connectivity index (χ3v) is 4.14. The van der Waals surface area contributed by atoms with Crippen LogP contribution in [0.5, 0.6) is 0 Å². The molecule has 2 N–H and O–H groups in total. The van der Waals surface area contributed by atoms with Gasteiger partial charge in [-0.25, -0.2) is 0 Å². The predicted octanol–water partition coefficient (Wildman–Crippen LogP) is 2.57. The van der Waals surface area contributed by atoms with Gasteiger partial charge in [-0.2, -0.15) is 8.42 Å². The van der Waals surface area contributed by atoms with Crippen LogP contribution in [0.25, 0.3) is 0 Å². The molecule has 2 radical (unpaired) electrons. The molecular formula is C15H31MgNO4S. The molecule has 0 saturated carbocycles. The van der Waals surface area contributed by atoms with Gasteiger partial charge in [0.2, 0.25) is 0 Å². The Labute approximate surface area is 151 Å². The molecule has 0 saturated heterocycles. The van der Waals surface area contributed by atoms with Gasteiger partial charge < -0.3 is 5.32 Å². The molecule has 0 rings (SSSR count). The molecule has 0 aromatic rings. The second-order valence-corrected chi connectivity index (χ2v) is 7.15. The van der Waals surface area contributed by atoms with E-state index in [-0.39, 0.29) is 47.7 Å². The molecule has 0 bridgehead atoms. The summed E-state index contributed by atoms with van der Waals surface area (Å²) in [5.74, 6) is -0.244. The van der Waals surface area contributed by atoms with Crippen LogP contribution in [0, 0.1) is 0 Å². The lowest BCUT2D eigenvalue weighted by Crippen LogP contribution is -2.28. The Morgan fingerprint density at radius 1 is 0.955 bits per heavy atom. The van der Waals surface area contributed by atoms with Crippen LogP contribution in [0.1, 0.15) is 71.1 Å². The average molecular weight is 346 g/mol. The summed E-state index contributed by atoms with van der Waals surface area (Å²) in [6.07, 6.45) is 11.6. The highest BCUT2D eigenvalue weighted by Gasteiger charge is 2.05. The third kappa shape index (κ3) is 20.3. The van der Waals surface area contributed by atoms with Crippen LogP contribution in [0.3, 0.4) is 0 Å². The minimum atomic E-state index is -3.93. The van der Waals surface area contributed by atoms with Crippen molar-refractivity contribution < 1.29 is 17.8 Å². The molecule has 0 aromatic heterocycles. The van der Waals surface area contributed by atoms with Crippen molar-refractivity contribution in [2.24, 2.45) is 0 Å². The van der Waals surface area contributed by atoms with E-state index in [9.17, 15) is 13.2 Å². The maximum atomic E-state index is 11.5. The lowest BCUT2D eigenvalue weighted by Gasteiger charge is -2.04. The maximum Gasteiger partial charge on any atom is 0.266 e. The first kappa shape index (κ1) is 24.6. The molecule has 0 amide bonds. The first-order valence-corrected chi connectivity index (χ1v) is 9.74. The van der Waals surface area contributed by atoms with Crippen molar-refractivity contribution in [1.82, 2.24) is 5.32 Å². The van der Waals surface area contributed by atoms with Gasteiger partial charge in [0.1, 0.15) is 5.78 Å². The van der Waals surface area contributed by atoms with Crippen molar-refractivity contribution in [2.75, 3.05) is 18.8 Å². The van der Waals surface area contributed by atoms with Crippen LogP contribution in [-0.4, -0.2) is 60.6 Å². The van der Waals surface area contributed by atoms with Crippen molar-refractivity contribution in [2.45, 2.75) is 71.1 Å². The first-order valence-electron chi connectivity index (χ1n) is 8.13. The Hall–Kier alpha value is 0.306. The van der Waals surface area contributed by atoms with Crippen molar-refractivity contribution in [3.63, 3.8) is 0 Å². The van der Waals surface area contributed by atoms with Crippen LogP contribution in [-0.2, 0) is 14.9 Å². The number of hydrogen-bond acceptors (Lipinski definition) is 4. The summed E-state index contributed by atoms with van der Waals surface area (Å²) in [5, 5.41) is 2.73. The predicted molar refractivity (Wildman–Crippen MR) is 91.9 cm³/mol. The largest absolute Gasteiger partial charge is 0.309 e. The summed E-state index contributed by atoms with van der Waals surface area (Å²) >= 11 is 0. The fourth-order valence-corrected chi connectivity index (χ4v) is 2.55. The van der Waals surface area contributed by atoms with E-state index < -0.39 is 10.1 Å². The van der Waals surface area contributed by atoms with E-state index in [1.165, 1.54) is 44.9 Å². The fraction of sp³-hybridized carbons (Fsp3) is 0.933. The molecule has 0 unspecified atom stereocenters. The van der Waals surface area contributed by atoms with Gasteiger partial charge in [0.15, 0.2) is 0 Å². The summed E-state index contributed by atoms with van der Waals surface area (Å²) in [5.41, 5.74) is 0. The minimum absolute atomic E-state index is 0. The minimum Gasteiger partial charge on any atom is -0.309 e. The molecule has 5 nitrogen and oxygen atoms in total. The highest BCUT2D eigenvalue weighted by Crippen LogP contribution is 2.10. The molecular weight excluding hydrogens is 315 g/mol. The van der Waals surface area contributed by atoms with Crippen LogP contribution < -0.4 is 5.32 Å². The smallest absolute Gasteiger partial charge is 0.266 e. The summed E-state index contributed by atoms with van der Waals surface area (Å²) < 4.78 is 29.4. The van der Waals surface area contributed by atoms with Crippen molar-refractivity contribution in [3.8, 4) is 0 Å². The zero-order valence-electron chi connectivity index (χ0n) is 14.0. The Morgan fingerprint density at radius 2 is 1.45 bits per heavy atom. The van der Waals surface area contributed by atoms with E-state index >= 15 is 0 Å². The highest BCUT2D eigenvalue weighted by atomic mass is 32.2. The molecule has 0 aliphatic heterocycles. The van der Waals surface area contributed by atoms with Crippen molar-refractivity contribution in [3.05, 3.63) is 0 Å². The SMILES string of the molecule is CCCCCCCCCCCC(=O)CNCCS(=O)(=O)O.[Mg]. The van der Waals surface area contributed by atoms with Gasteiger partial charge in [-0.1, -0.05) is 58.3 Å². The van der Waals surface area contributed by atoms with E-state index in [0.717, 1.165) is 12.8 Å². The monoisotopic (exact) mass is 345 g/mol. The summed E-state index contributed by atoms with van der Waals surface area (Å²) in [7, 11) is -3.93. The van der Waals surface area contributed by atoms with E-state index in [1.54, 1.807) is 0 Å². The molecule has 0 spiro atoms. The van der Waals surface area contributed by atoms with E-state index in [1.807, 2.05) is 0 Å². The molecule has 0 aliphatic rings. The quantitative estimate of drug-likeness (QED) is 0.271. The summed E-state index contributed by atoms with van der Waals surface area (Å²) in [4.78, 5) is 11.5. The van der Waals surface area contributed by atoms with Gasteiger partial charge in [-0.3, -0.25) is 9.35 Å². The third-order valence-electron chi connectivity index (χ3n) is 3.42. The second kappa shape index (κ2) is 16.2. The van der Waals surface area contributed by atoms with Gasteiger partial charge in [-0.15, -0.1) is 0 Å². The Morgan fingerprint density at radius 3 is 1.95 bits per heavy atom. The lowest BCUT2D eigenvalue weighted by molar-refractivity contribution is -0.118. The average Bonchev–Trinajstić information content (AvgIpc) is 2.41. The van der Waals surface area contributed by atoms with E-state index in [2.05, 4.69) is 12.2 Å². The van der Waals surface area contributed by atoms with Gasteiger partial charge >= 0.3 is 0 Å². The van der Waals surface area contributed by atoms with Gasteiger partial charge in [0.05, 0.1) is 12.3 Å². The Bertz CT molecular complexity index is 361. The number of carbonyl (C=O) groups is 1. The first-order chi connectivity index (χ1) is 9.95. The Balaban J connectivity index is 0. The number of Topliss-reactive ketones (excluding diaryl/α,β-unsaturated/α-hetero) is 1. The standard InChI is InChI=1S/C15H31NO4S.Mg/c1-2-3-4-5-6-7-8-9-10-11-15(17)14-16-12-13-21(18,19)20;/h16H,2-14H2,1H3,(H,18,19,20);. The molecule has 22 heavy (non-hydrogen) atoms. The number of ketones is 1. The molecule has 0 fully saturated rings.